The summed E-state index contributed by atoms with van der Waals surface area (Å²) in [7, 11) is 0. The Hall–Kier alpha value is -2.22. The molecule has 3 heterocycles. The number of halogens is 1. The highest BCUT2D eigenvalue weighted by Crippen LogP contribution is 2.22. The van der Waals surface area contributed by atoms with Crippen molar-refractivity contribution in [2.24, 2.45) is 0 Å². The summed E-state index contributed by atoms with van der Waals surface area (Å²) in [5.74, 6) is 2.21. The van der Waals surface area contributed by atoms with Crippen molar-refractivity contribution < 1.29 is 4.52 Å². The zero-order valence-corrected chi connectivity index (χ0v) is 11.0. The third-order valence-electron chi connectivity index (χ3n) is 2.59. The molecule has 0 aliphatic heterocycles. The van der Waals surface area contributed by atoms with Crippen LogP contribution in [0, 0.1) is 13.8 Å². The van der Waals surface area contributed by atoms with Gasteiger partial charge in [-0.05, 0) is 6.92 Å². The molecule has 0 aromatic carbocycles. The molecular formula is C10H10ClN7O. The van der Waals surface area contributed by atoms with Gasteiger partial charge < -0.3 is 9.84 Å². The highest BCUT2D eigenvalue weighted by Gasteiger charge is 2.12. The average Bonchev–Trinajstić information content (AvgIpc) is 2.99. The molecule has 0 saturated carbocycles. The van der Waals surface area contributed by atoms with Gasteiger partial charge in [-0.15, -0.1) is 0 Å². The summed E-state index contributed by atoms with van der Waals surface area (Å²) < 4.78 is 6.48. The number of rotatable bonds is 3. The predicted molar refractivity (Wildman–Crippen MR) is 66.9 cm³/mol. The molecule has 0 fully saturated rings. The van der Waals surface area contributed by atoms with E-state index in [1.165, 1.54) is 6.33 Å². The van der Waals surface area contributed by atoms with Crippen LogP contribution in [-0.2, 0) is 6.54 Å². The Morgan fingerprint density at radius 3 is 2.95 bits per heavy atom. The van der Waals surface area contributed by atoms with Crippen molar-refractivity contribution >= 4 is 23.2 Å². The van der Waals surface area contributed by atoms with Gasteiger partial charge in [0.25, 0.3) is 5.78 Å². The van der Waals surface area contributed by atoms with E-state index < -0.39 is 0 Å². The van der Waals surface area contributed by atoms with Crippen LogP contribution in [-0.4, -0.2) is 29.7 Å². The van der Waals surface area contributed by atoms with Crippen molar-refractivity contribution in [1.29, 1.82) is 0 Å². The van der Waals surface area contributed by atoms with Crippen LogP contribution in [0.1, 0.15) is 17.3 Å². The Labute approximate surface area is 112 Å². The Morgan fingerprint density at radius 1 is 1.37 bits per heavy atom. The van der Waals surface area contributed by atoms with Crippen LogP contribution >= 0.6 is 11.6 Å². The monoisotopic (exact) mass is 279 g/mol. The topological polar surface area (TPSA) is 94.0 Å². The molecule has 0 aliphatic carbocycles. The molecule has 3 aromatic heterocycles. The molecule has 19 heavy (non-hydrogen) atoms. The molecule has 0 amide bonds. The van der Waals surface area contributed by atoms with E-state index in [1.807, 2.05) is 6.92 Å². The van der Waals surface area contributed by atoms with Gasteiger partial charge in [-0.2, -0.15) is 24.6 Å². The van der Waals surface area contributed by atoms with Gasteiger partial charge in [-0.1, -0.05) is 16.8 Å². The van der Waals surface area contributed by atoms with E-state index in [0.717, 1.165) is 5.56 Å². The van der Waals surface area contributed by atoms with Crippen molar-refractivity contribution in [3.63, 3.8) is 0 Å². The largest absolute Gasteiger partial charge is 0.362 e. The second-order valence-electron chi connectivity index (χ2n) is 3.93. The third kappa shape index (κ3) is 2.10. The molecule has 9 heteroatoms. The third-order valence-corrected chi connectivity index (χ3v) is 2.96. The maximum atomic E-state index is 6.05. The second kappa shape index (κ2) is 4.47. The number of aromatic nitrogens is 6. The zero-order valence-electron chi connectivity index (χ0n) is 10.3. The van der Waals surface area contributed by atoms with E-state index in [1.54, 1.807) is 11.4 Å². The second-order valence-corrected chi connectivity index (χ2v) is 4.29. The first-order valence-corrected chi connectivity index (χ1v) is 5.92. The first kappa shape index (κ1) is 11.8. The lowest BCUT2D eigenvalue weighted by molar-refractivity contribution is 0.388. The highest BCUT2D eigenvalue weighted by molar-refractivity contribution is 6.30. The summed E-state index contributed by atoms with van der Waals surface area (Å²) in [4.78, 5) is 12.2. The number of nitrogens with zero attached hydrogens (tertiary/aromatic N) is 6. The smallest absolute Gasteiger partial charge is 0.255 e. The fourth-order valence-electron chi connectivity index (χ4n) is 1.68. The van der Waals surface area contributed by atoms with Crippen LogP contribution < -0.4 is 5.32 Å². The quantitative estimate of drug-likeness (QED) is 0.724. The van der Waals surface area contributed by atoms with Crippen molar-refractivity contribution in [2.45, 2.75) is 20.4 Å². The van der Waals surface area contributed by atoms with Crippen LogP contribution in [0.3, 0.4) is 0 Å². The molecular weight excluding hydrogens is 270 g/mol. The average molecular weight is 280 g/mol. The molecule has 0 spiro atoms. The van der Waals surface area contributed by atoms with Crippen LogP contribution in [0.2, 0.25) is 5.15 Å². The van der Waals surface area contributed by atoms with Crippen molar-refractivity contribution in [3.05, 3.63) is 28.8 Å². The molecule has 0 radical (unpaired) electrons. The maximum absolute atomic E-state index is 6.05. The van der Waals surface area contributed by atoms with E-state index >= 15 is 0 Å². The van der Waals surface area contributed by atoms with Gasteiger partial charge in [0.1, 0.15) is 17.3 Å². The Balaban J connectivity index is 1.95. The van der Waals surface area contributed by atoms with Crippen LogP contribution in [0.4, 0.5) is 5.82 Å². The molecule has 0 atom stereocenters. The lowest BCUT2D eigenvalue weighted by Crippen LogP contribution is -2.09. The van der Waals surface area contributed by atoms with Crippen LogP contribution in [0.25, 0.3) is 5.78 Å². The summed E-state index contributed by atoms with van der Waals surface area (Å²) in [5.41, 5.74) is 0.778. The summed E-state index contributed by atoms with van der Waals surface area (Å²) in [5, 5.41) is 11.4. The molecule has 0 aliphatic rings. The first-order chi connectivity index (χ1) is 9.15. The van der Waals surface area contributed by atoms with E-state index in [9.17, 15) is 0 Å². The lowest BCUT2D eigenvalue weighted by atomic mass is 10.3. The molecule has 0 unspecified atom stereocenters. The summed E-state index contributed by atoms with van der Waals surface area (Å²) in [6.45, 7) is 3.98. The maximum Gasteiger partial charge on any atom is 0.255 e. The number of nitrogens with one attached hydrogen (secondary N) is 1. The summed E-state index contributed by atoms with van der Waals surface area (Å²) in [6, 6.07) is 0. The predicted octanol–water partition coefficient (Wildman–Crippen LogP) is 1.39. The molecule has 8 nitrogen and oxygen atoms in total. The fraction of sp³-hybridized carbons (Fsp3) is 0.300. The van der Waals surface area contributed by atoms with Crippen molar-refractivity contribution in [1.82, 2.24) is 29.7 Å². The van der Waals surface area contributed by atoms with E-state index in [-0.39, 0.29) is 0 Å². The summed E-state index contributed by atoms with van der Waals surface area (Å²) >= 11 is 6.05. The van der Waals surface area contributed by atoms with Gasteiger partial charge in [-0.3, -0.25) is 0 Å². The molecule has 3 rings (SSSR count). The molecule has 0 bridgehead atoms. The minimum atomic E-state index is 0.382. The van der Waals surface area contributed by atoms with Crippen LogP contribution in [0.15, 0.2) is 10.9 Å². The van der Waals surface area contributed by atoms with Gasteiger partial charge in [0.2, 0.25) is 5.89 Å². The minimum absolute atomic E-state index is 0.382. The fourth-order valence-corrected chi connectivity index (χ4v) is 1.85. The zero-order chi connectivity index (χ0) is 13.4. The number of hydrogen-bond donors (Lipinski definition) is 1. The SMILES string of the molecule is Cc1nc(CNc2c(C)c(Cl)nc3ncnn23)no1. The van der Waals surface area contributed by atoms with E-state index in [4.69, 9.17) is 16.1 Å². The van der Waals surface area contributed by atoms with Gasteiger partial charge in [0.15, 0.2) is 5.82 Å². The Bertz CT molecular complexity index is 735. The summed E-state index contributed by atoms with van der Waals surface area (Å²) in [6.07, 6.45) is 1.42. The number of aryl methyl sites for hydroxylation is 1. The minimum Gasteiger partial charge on any atom is -0.362 e. The number of hydrogen-bond acceptors (Lipinski definition) is 7. The van der Waals surface area contributed by atoms with Crippen LogP contribution in [0.5, 0.6) is 0 Å². The van der Waals surface area contributed by atoms with E-state index in [2.05, 4.69) is 30.5 Å². The van der Waals surface area contributed by atoms with Gasteiger partial charge >= 0.3 is 0 Å². The molecule has 3 aromatic rings. The molecule has 0 saturated heterocycles. The normalized spacial score (nSPS) is 11.1. The molecule has 98 valence electrons. The van der Waals surface area contributed by atoms with Crippen molar-refractivity contribution in [3.8, 4) is 0 Å². The highest BCUT2D eigenvalue weighted by atomic mass is 35.5. The number of anilines is 1. The lowest BCUT2D eigenvalue weighted by Gasteiger charge is -2.09. The standard InChI is InChI=1S/C10H10ClN7O/c1-5-8(11)16-10-13-4-14-18(10)9(5)12-3-7-15-6(2)19-17-7/h4,12H,3H2,1-2H3. The van der Waals surface area contributed by atoms with Gasteiger partial charge in [0.05, 0.1) is 6.54 Å². The Morgan fingerprint density at radius 2 is 2.21 bits per heavy atom. The van der Waals surface area contributed by atoms with Gasteiger partial charge in [-0.25, -0.2) is 0 Å². The molecule has 1 N–H and O–H groups in total. The number of fused-ring (bicyclic) bond motifs is 1. The van der Waals surface area contributed by atoms with E-state index in [0.29, 0.717) is 35.0 Å². The first-order valence-electron chi connectivity index (χ1n) is 5.54. The van der Waals surface area contributed by atoms with Crippen molar-refractivity contribution in [2.75, 3.05) is 5.32 Å². The van der Waals surface area contributed by atoms with Gasteiger partial charge in [0, 0.05) is 12.5 Å². The Kier molecular flexibility index (Phi) is 2.79.